The molecule has 6 aromatic carbocycles. The summed E-state index contributed by atoms with van der Waals surface area (Å²) in [7, 11) is 6.27. The monoisotopic (exact) mass is 964 g/mol. The molecule has 15 nitrogen and oxygen atoms in total. The lowest BCUT2D eigenvalue weighted by Gasteiger charge is -2.30. The highest BCUT2D eigenvalue weighted by atomic mass is 79.9. The summed E-state index contributed by atoms with van der Waals surface area (Å²) in [6.45, 7) is 0. The number of halogens is 2. The second-order valence-corrected chi connectivity index (χ2v) is 15.7. The number of ether oxygens (including phenoxy) is 6. The number of nitrogens with one attached hydrogen (secondary N) is 1. The van der Waals surface area contributed by atoms with E-state index in [4.69, 9.17) is 50.1 Å². The van der Waals surface area contributed by atoms with Crippen LogP contribution in [0.25, 0.3) is 27.1 Å². The summed E-state index contributed by atoms with van der Waals surface area (Å²) < 4.78 is 40.2. The van der Waals surface area contributed by atoms with E-state index in [1.807, 2.05) is 97.1 Å². The number of fused-ring (bicyclic) bond motifs is 6. The Kier molecular flexibility index (Phi) is 11.5. The normalized spacial score (nSPS) is 15.8. The van der Waals surface area contributed by atoms with Gasteiger partial charge in [-0.1, -0.05) is 83.1 Å². The number of nitrogens with zero attached hydrogens (tertiary/aromatic N) is 2. The van der Waals surface area contributed by atoms with Gasteiger partial charge in [0.25, 0.3) is 0 Å². The van der Waals surface area contributed by atoms with Crippen molar-refractivity contribution in [3.8, 4) is 34.5 Å². The molecule has 0 amide bonds. The van der Waals surface area contributed by atoms with Crippen molar-refractivity contribution in [1.29, 1.82) is 0 Å². The highest BCUT2D eigenvalue weighted by molar-refractivity contribution is 9.11. The van der Waals surface area contributed by atoms with Crippen molar-refractivity contribution in [2.75, 3.05) is 28.4 Å². The number of benzene rings is 6. The molecular weight excluding hydrogens is 928 g/mol. The summed E-state index contributed by atoms with van der Waals surface area (Å²) in [5.41, 5.74) is 22.9. The molecule has 0 bridgehead atoms. The molecule has 7 aromatic rings. The van der Waals surface area contributed by atoms with Gasteiger partial charge < -0.3 is 50.8 Å². The maximum absolute atomic E-state index is 11.7. The van der Waals surface area contributed by atoms with Crippen LogP contribution in [-0.2, 0) is 0 Å². The average molecular weight is 967 g/mol. The Morgan fingerprint density at radius 1 is 0.710 bits per heavy atom. The van der Waals surface area contributed by atoms with Gasteiger partial charge in [0.15, 0.2) is 46.4 Å². The third kappa shape index (κ3) is 7.28. The van der Waals surface area contributed by atoms with E-state index in [0.29, 0.717) is 54.6 Å². The first kappa shape index (κ1) is 41.6. The number of aromatic amines is 1. The number of nitrogens with two attached hydrogens (primary N) is 3. The van der Waals surface area contributed by atoms with E-state index in [1.54, 1.807) is 28.4 Å². The number of hydrogen-bond acceptors (Lipinski definition) is 13. The molecule has 2 unspecified atom stereocenters. The summed E-state index contributed by atoms with van der Waals surface area (Å²) in [4.78, 5) is 14.3. The molecule has 316 valence electrons. The first-order valence-corrected chi connectivity index (χ1v) is 20.4. The number of oxime groups is 1. The summed E-state index contributed by atoms with van der Waals surface area (Å²) >= 11 is 7.11. The molecule has 17 heteroatoms. The Bertz CT molecular complexity index is 3050. The van der Waals surface area contributed by atoms with E-state index in [1.165, 1.54) is 0 Å². The number of aromatic nitrogens is 2. The minimum Gasteiger partial charge on any atom is -0.493 e. The highest BCUT2D eigenvalue weighted by Crippen LogP contribution is 2.51. The number of H-pyrrole nitrogens is 1. The lowest BCUT2D eigenvalue weighted by Crippen LogP contribution is -2.30. The molecule has 62 heavy (non-hydrogen) atoms. The maximum Gasteiger partial charge on any atom is 0.439 e. The van der Waals surface area contributed by atoms with Gasteiger partial charge in [-0.2, -0.15) is 0 Å². The number of hydrogen-bond donors (Lipinski definition) is 5. The van der Waals surface area contributed by atoms with E-state index in [2.05, 4.69) is 47.2 Å². The molecule has 0 aliphatic carbocycles. The Hall–Kier alpha value is -7.11. The standard InChI is InChI=1S/C23H18BrN3O5.C22H20BrN3O4/c1-29-16-10-12(9-15(24)20(16)30-2)17-14-8-7-11-5-3-4-6-13(11)19(14)31-21(25)18(17)22-26-23(28)32-27-22;1-28-16-10-12(9-15(23)20(16)29-2)17-14-8-7-11-5-3-4-6-13(11)19(14)30-22(25)18(17)21(24)26-27/h3-10,17H,25H2,1-2H3,(H,26,27,28);3-10,17,27H,25H2,1-2H3,(H2,24,26). The van der Waals surface area contributed by atoms with Crippen LogP contribution in [0.4, 0.5) is 0 Å². The van der Waals surface area contributed by atoms with Crippen molar-refractivity contribution < 1.29 is 38.2 Å². The van der Waals surface area contributed by atoms with Crippen LogP contribution < -0.4 is 51.4 Å². The average Bonchev–Trinajstić information content (AvgIpc) is 3.72. The number of rotatable bonds is 8. The molecule has 0 saturated heterocycles. The minimum absolute atomic E-state index is 0.0741. The fourth-order valence-corrected chi connectivity index (χ4v) is 9.20. The fourth-order valence-electron chi connectivity index (χ4n) is 7.96. The van der Waals surface area contributed by atoms with Crippen LogP contribution in [0.15, 0.2) is 138 Å². The third-order valence-electron chi connectivity index (χ3n) is 10.6. The Morgan fingerprint density at radius 3 is 1.69 bits per heavy atom. The van der Waals surface area contributed by atoms with Crippen LogP contribution in [0.2, 0.25) is 0 Å². The van der Waals surface area contributed by atoms with E-state index in [-0.39, 0.29) is 23.4 Å². The summed E-state index contributed by atoms with van der Waals surface area (Å²) in [5, 5.41) is 20.3. The Balaban J connectivity index is 0.000000171. The molecular formula is C45H38Br2N6O9. The van der Waals surface area contributed by atoms with Crippen LogP contribution in [0.1, 0.15) is 39.9 Å². The van der Waals surface area contributed by atoms with Crippen molar-refractivity contribution >= 4 is 64.8 Å². The SMILES string of the molecule is COc1cc(C2C(/C(N)=N/O)=C(N)Oc3c2ccc2ccccc32)cc(Br)c1OC.COc1cc(C2C(c3noc(=O)[nH]3)=C(N)Oc3c2ccc2ccccc32)cc(Br)c1OC. The molecule has 0 saturated carbocycles. The highest BCUT2D eigenvalue weighted by Gasteiger charge is 2.37. The van der Waals surface area contributed by atoms with E-state index >= 15 is 0 Å². The lowest BCUT2D eigenvalue weighted by molar-refractivity contribution is 0.317. The first-order chi connectivity index (χ1) is 30.0. The molecule has 0 spiro atoms. The zero-order valence-corrected chi connectivity index (χ0v) is 36.7. The molecule has 2 atom stereocenters. The fraction of sp³-hybridized carbons (Fsp3) is 0.133. The van der Waals surface area contributed by atoms with Gasteiger partial charge in [0, 0.05) is 33.7 Å². The number of amidine groups is 1. The predicted molar refractivity (Wildman–Crippen MR) is 240 cm³/mol. The predicted octanol–water partition coefficient (Wildman–Crippen LogP) is 8.21. The quantitative estimate of drug-likeness (QED) is 0.0420. The van der Waals surface area contributed by atoms with Crippen molar-refractivity contribution in [2.45, 2.75) is 11.8 Å². The van der Waals surface area contributed by atoms with Crippen LogP contribution >= 0.6 is 31.9 Å². The van der Waals surface area contributed by atoms with Crippen LogP contribution in [0.5, 0.6) is 34.5 Å². The van der Waals surface area contributed by atoms with E-state index in [9.17, 15) is 10.0 Å². The molecule has 8 N–H and O–H groups in total. The molecule has 3 heterocycles. The van der Waals surface area contributed by atoms with Gasteiger partial charge in [-0.05, 0) is 78.0 Å². The third-order valence-corrected chi connectivity index (χ3v) is 11.8. The van der Waals surface area contributed by atoms with Crippen LogP contribution in [0, 0.1) is 0 Å². The molecule has 0 fully saturated rings. The van der Waals surface area contributed by atoms with Gasteiger partial charge in [0.05, 0.1) is 48.5 Å². The molecule has 1 aromatic heterocycles. The summed E-state index contributed by atoms with van der Waals surface area (Å²) in [6.07, 6.45) is 0. The lowest BCUT2D eigenvalue weighted by atomic mass is 9.81. The van der Waals surface area contributed by atoms with E-state index < -0.39 is 17.6 Å². The zero-order valence-electron chi connectivity index (χ0n) is 33.5. The second kappa shape index (κ2) is 17.1. The Labute approximate surface area is 370 Å². The van der Waals surface area contributed by atoms with Crippen molar-refractivity contribution in [1.82, 2.24) is 10.1 Å². The topological polar surface area (TPSA) is 225 Å². The smallest absolute Gasteiger partial charge is 0.439 e. The summed E-state index contributed by atoms with van der Waals surface area (Å²) in [5.74, 6) is 2.18. The number of methoxy groups -OCH3 is 4. The van der Waals surface area contributed by atoms with Gasteiger partial charge in [0.2, 0.25) is 0 Å². The van der Waals surface area contributed by atoms with Gasteiger partial charge in [-0.3, -0.25) is 9.51 Å². The van der Waals surface area contributed by atoms with Gasteiger partial charge >= 0.3 is 5.76 Å². The molecule has 9 rings (SSSR count). The van der Waals surface area contributed by atoms with Crippen molar-refractivity contribution in [3.63, 3.8) is 0 Å². The van der Waals surface area contributed by atoms with Gasteiger partial charge in [-0.25, -0.2) is 4.79 Å². The summed E-state index contributed by atoms with van der Waals surface area (Å²) in [6, 6.07) is 31.3. The maximum atomic E-state index is 11.7. The Morgan fingerprint density at radius 2 is 1.21 bits per heavy atom. The zero-order chi connectivity index (χ0) is 43.8. The van der Waals surface area contributed by atoms with Crippen molar-refractivity contribution in [3.05, 3.63) is 162 Å². The van der Waals surface area contributed by atoms with Gasteiger partial charge in [-0.15, -0.1) is 0 Å². The minimum atomic E-state index is -0.683. The van der Waals surface area contributed by atoms with Gasteiger partial charge in [0.1, 0.15) is 11.5 Å². The van der Waals surface area contributed by atoms with Crippen LogP contribution in [0.3, 0.4) is 0 Å². The van der Waals surface area contributed by atoms with E-state index in [0.717, 1.165) is 43.8 Å². The van der Waals surface area contributed by atoms with Crippen molar-refractivity contribution in [2.24, 2.45) is 22.4 Å². The molecule has 2 aliphatic heterocycles. The number of allylic oxidation sites excluding steroid dienone is 1. The first-order valence-electron chi connectivity index (χ1n) is 18.8. The molecule has 0 radical (unpaired) electrons. The molecule has 2 aliphatic rings. The second-order valence-electron chi connectivity index (χ2n) is 13.9. The largest absolute Gasteiger partial charge is 0.493 e. The van der Waals surface area contributed by atoms with Crippen LogP contribution in [-0.4, -0.2) is 49.6 Å².